The van der Waals surface area contributed by atoms with Crippen molar-refractivity contribution in [3.8, 4) is 0 Å². The molecule has 1 heterocycles. The molecule has 0 fully saturated rings. The number of benzene rings is 3. The Balaban J connectivity index is 2.22. The lowest BCUT2D eigenvalue weighted by Gasteiger charge is -2.39. The summed E-state index contributed by atoms with van der Waals surface area (Å²) >= 11 is 0. The first kappa shape index (κ1) is 21.0. The molecule has 4 rings (SSSR count). The molecule has 0 N–H and O–H groups in total. The molecule has 0 aliphatic rings. The average molecular weight is 429 g/mol. The van der Waals surface area contributed by atoms with Crippen molar-refractivity contribution < 1.29 is 9.35 Å². The van der Waals surface area contributed by atoms with Crippen molar-refractivity contribution in [2.45, 2.75) is 31.9 Å². The molecular formula is C24H22N3O3Si. The maximum absolute atomic E-state index is 11.8. The van der Waals surface area contributed by atoms with Crippen LogP contribution in [0.4, 0.5) is 5.69 Å². The van der Waals surface area contributed by atoms with Crippen molar-refractivity contribution in [2.75, 3.05) is 0 Å². The minimum atomic E-state index is -1.15. The zero-order valence-electron chi connectivity index (χ0n) is 17.6. The number of nitro groups is 1. The van der Waals surface area contributed by atoms with Crippen LogP contribution in [0.3, 0.4) is 0 Å². The predicted octanol–water partition coefficient (Wildman–Crippen LogP) is 5.09. The van der Waals surface area contributed by atoms with Gasteiger partial charge >= 0.3 is 0 Å². The molecule has 4 aromatic rings. The number of imidazole rings is 1. The summed E-state index contributed by atoms with van der Waals surface area (Å²) in [7, 11) is 3.38. The van der Waals surface area contributed by atoms with Crippen LogP contribution in [0.25, 0.3) is 11.0 Å². The van der Waals surface area contributed by atoms with Gasteiger partial charge in [0.2, 0.25) is 0 Å². The number of hydrogen-bond donors (Lipinski definition) is 0. The van der Waals surface area contributed by atoms with Crippen LogP contribution >= 0.6 is 0 Å². The highest BCUT2D eigenvalue weighted by Gasteiger charge is 2.42. The Kier molecular flexibility index (Phi) is 5.24. The number of non-ortho nitro benzene ring substituents is 1. The van der Waals surface area contributed by atoms with Crippen LogP contribution in [-0.2, 0) is 15.6 Å². The Bertz CT molecular complexity index is 1190. The SMILES string of the molecule is CC(C)(C)c1nc2c([N+](=O)[O-])cccc2n1C(O[Si])(c1ccccc1)c1ccccc1. The Labute approximate surface area is 184 Å². The van der Waals surface area contributed by atoms with Crippen LogP contribution in [0, 0.1) is 10.1 Å². The van der Waals surface area contributed by atoms with E-state index in [1.54, 1.807) is 6.07 Å². The number of fused-ring (bicyclic) bond motifs is 1. The van der Waals surface area contributed by atoms with Crippen molar-refractivity contribution in [3.63, 3.8) is 0 Å². The number of nitro benzene ring substituents is 1. The number of nitrogens with zero attached hydrogens (tertiary/aromatic N) is 3. The largest absolute Gasteiger partial charge is 0.389 e. The van der Waals surface area contributed by atoms with Gasteiger partial charge in [0.25, 0.3) is 16.2 Å². The summed E-state index contributed by atoms with van der Waals surface area (Å²) in [5.41, 5.74) is 1.05. The van der Waals surface area contributed by atoms with Gasteiger partial charge in [-0.25, -0.2) is 4.98 Å². The Morgan fingerprint density at radius 1 is 0.903 bits per heavy atom. The van der Waals surface area contributed by atoms with Crippen LogP contribution in [0.15, 0.2) is 78.9 Å². The molecule has 0 aliphatic heterocycles. The van der Waals surface area contributed by atoms with E-state index in [4.69, 9.17) is 9.41 Å². The van der Waals surface area contributed by atoms with Gasteiger partial charge < -0.3 is 4.43 Å². The molecule has 0 saturated heterocycles. The van der Waals surface area contributed by atoms with Gasteiger partial charge in [-0.2, -0.15) is 0 Å². The maximum atomic E-state index is 11.8. The zero-order valence-corrected chi connectivity index (χ0v) is 18.6. The molecule has 0 spiro atoms. The molecule has 7 heteroatoms. The summed E-state index contributed by atoms with van der Waals surface area (Å²) in [6.45, 7) is 6.10. The summed E-state index contributed by atoms with van der Waals surface area (Å²) in [4.78, 5) is 16.2. The van der Waals surface area contributed by atoms with E-state index in [-0.39, 0.29) is 5.69 Å². The first-order valence-corrected chi connectivity index (χ1v) is 10.3. The Hall–Kier alpha value is -3.29. The second-order valence-corrected chi connectivity index (χ2v) is 8.61. The van der Waals surface area contributed by atoms with Crippen LogP contribution in [-0.4, -0.2) is 25.0 Å². The third-order valence-corrected chi connectivity index (χ3v) is 5.62. The highest BCUT2D eigenvalue weighted by atomic mass is 28.2. The van der Waals surface area contributed by atoms with E-state index in [0.29, 0.717) is 16.9 Å². The fraction of sp³-hybridized carbons (Fsp3) is 0.208. The van der Waals surface area contributed by atoms with E-state index in [1.807, 2.05) is 92.1 Å². The second kappa shape index (κ2) is 7.75. The lowest BCUT2D eigenvalue weighted by molar-refractivity contribution is -0.383. The summed E-state index contributed by atoms with van der Waals surface area (Å²) in [6, 6.07) is 24.5. The standard InChI is InChI=1S/C24H22N3O3Si/c1-23(2,3)22-25-21-19(15-10-16-20(21)27(28)29)26(22)24(30-31,17-11-6-4-7-12-17)18-13-8-5-9-14-18/h4-16H,1-3H3. The van der Waals surface area contributed by atoms with Gasteiger partial charge in [-0.15, -0.1) is 0 Å². The van der Waals surface area contributed by atoms with Crippen LogP contribution in [0.1, 0.15) is 37.7 Å². The van der Waals surface area contributed by atoms with Gasteiger partial charge in [0.15, 0.2) is 11.2 Å². The van der Waals surface area contributed by atoms with E-state index in [0.717, 1.165) is 11.1 Å². The topological polar surface area (TPSA) is 70.2 Å². The third kappa shape index (κ3) is 3.36. The van der Waals surface area contributed by atoms with Crippen molar-refractivity contribution in [1.82, 2.24) is 9.55 Å². The molecule has 1 aromatic heterocycles. The summed E-state index contributed by atoms with van der Waals surface area (Å²) in [6.07, 6.45) is 0. The number of para-hydroxylation sites is 1. The van der Waals surface area contributed by atoms with Gasteiger partial charge in [0, 0.05) is 22.6 Å². The molecule has 3 aromatic carbocycles. The Morgan fingerprint density at radius 2 is 1.45 bits per heavy atom. The van der Waals surface area contributed by atoms with Crippen molar-refractivity contribution in [3.05, 3.63) is 106 Å². The monoisotopic (exact) mass is 428 g/mol. The summed E-state index contributed by atoms with van der Waals surface area (Å²) in [5, 5.41) is 11.8. The highest BCUT2D eigenvalue weighted by Crippen LogP contribution is 2.42. The van der Waals surface area contributed by atoms with E-state index in [2.05, 4.69) is 10.5 Å². The van der Waals surface area contributed by atoms with Gasteiger partial charge in [-0.1, -0.05) is 87.5 Å². The predicted molar refractivity (Wildman–Crippen MR) is 121 cm³/mol. The van der Waals surface area contributed by atoms with E-state index in [9.17, 15) is 10.1 Å². The molecule has 155 valence electrons. The zero-order chi connectivity index (χ0) is 22.2. The average Bonchev–Trinajstić information content (AvgIpc) is 3.17. The van der Waals surface area contributed by atoms with E-state index < -0.39 is 16.1 Å². The van der Waals surface area contributed by atoms with Crippen molar-refractivity contribution >= 4 is 27.2 Å². The van der Waals surface area contributed by atoms with Gasteiger partial charge in [0.05, 0.1) is 10.4 Å². The lowest BCUT2D eigenvalue weighted by Crippen LogP contribution is -2.41. The molecule has 0 amide bonds. The number of rotatable bonds is 5. The van der Waals surface area contributed by atoms with Crippen LogP contribution in [0.2, 0.25) is 0 Å². The molecule has 0 saturated carbocycles. The molecule has 3 radical (unpaired) electrons. The van der Waals surface area contributed by atoms with Crippen LogP contribution in [0.5, 0.6) is 0 Å². The van der Waals surface area contributed by atoms with Gasteiger partial charge in [0.1, 0.15) is 5.82 Å². The summed E-state index contributed by atoms with van der Waals surface area (Å²) < 4.78 is 8.12. The molecular weight excluding hydrogens is 406 g/mol. The first-order valence-electron chi connectivity index (χ1n) is 9.93. The molecule has 0 atom stereocenters. The molecule has 0 aliphatic carbocycles. The van der Waals surface area contributed by atoms with Gasteiger partial charge in [-0.3, -0.25) is 14.7 Å². The number of aromatic nitrogens is 2. The minimum Gasteiger partial charge on any atom is -0.389 e. The molecule has 31 heavy (non-hydrogen) atoms. The molecule has 6 nitrogen and oxygen atoms in total. The third-order valence-electron chi connectivity index (χ3n) is 5.32. The molecule has 0 unspecified atom stereocenters. The quantitative estimate of drug-likeness (QED) is 0.252. The minimum absolute atomic E-state index is 0.0364. The first-order chi connectivity index (χ1) is 14.8. The maximum Gasteiger partial charge on any atom is 0.297 e. The molecule has 0 bridgehead atoms. The normalized spacial score (nSPS) is 12.3. The fourth-order valence-electron chi connectivity index (χ4n) is 3.97. The van der Waals surface area contributed by atoms with Gasteiger partial charge in [-0.05, 0) is 6.07 Å². The number of hydrogen-bond acceptors (Lipinski definition) is 4. The Morgan fingerprint density at radius 3 is 1.90 bits per heavy atom. The van der Waals surface area contributed by atoms with Crippen LogP contribution < -0.4 is 0 Å². The van der Waals surface area contributed by atoms with Crippen molar-refractivity contribution in [2.24, 2.45) is 0 Å². The summed E-state index contributed by atoms with van der Waals surface area (Å²) in [5.74, 6) is 0.669. The fourth-order valence-corrected chi connectivity index (χ4v) is 4.30. The van der Waals surface area contributed by atoms with Crippen molar-refractivity contribution in [1.29, 1.82) is 0 Å². The van der Waals surface area contributed by atoms with E-state index >= 15 is 0 Å². The van der Waals surface area contributed by atoms with E-state index in [1.165, 1.54) is 6.07 Å². The smallest absolute Gasteiger partial charge is 0.297 e. The lowest BCUT2D eigenvalue weighted by atomic mass is 9.90. The second-order valence-electron chi connectivity index (χ2n) is 8.40. The highest BCUT2D eigenvalue weighted by molar-refractivity contribution is 5.99.